The number of phenols is 1. The first-order chi connectivity index (χ1) is 6.66. The van der Waals surface area contributed by atoms with Crippen molar-refractivity contribution in [1.29, 1.82) is 0 Å². The molecule has 0 saturated heterocycles. The first kappa shape index (κ1) is 9.07. The fraction of sp³-hybridized carbons (Fsp3) is 0.231. The van der Waals surface area contributed by atoms with E-state index in [-0.39, 0.29) is 0 Å². The zero-order valence-corrected chi connectivity index (χ0v) is 8.49. The van der Waals surface area contributed by atoms with Gasteiger partial charge in [0.25, 0.3) is 0 Å². The van der Waals surface area contributed by atoms with Gasteiger partial charge in [0.2, 0.25) is 0 Å². The molecule has 2 aromatic carbocycles. The van der Waals surface area contributed by atoms with Gasteiger partial charge in [0.1, 0.15) is 5.75 Å². The zero-order valence-electron chi connectivity index (χ0n) is 8.49. The van der Waals surface area contributed by atoms with Crippen LogP contribution in [0.1, 0.15) is 25.3 Å². The van der Waals surface area contributed by atoms with E-state index in [4.69, 9.17) is 0 Å². The molecule has 72 valence electrons. The van der Waals surface area contributed by atoms with Crippen LogP contribution in [0, 0.1) is 0 Å². The van der Waals surface area contributed by atoms with Crippen molar-refractivity contribution in [3.63, 3.8) is 0 Å². The third-order valence-electron chi connectivity index (χ3n) is 2.51. The Kier molecular flexibility index (Phi) is 2.16. The van der Waals surface area contributed by atoms with Crippen LogP contribution in [0.4, 0.5) is 0 Å². The maximum atomic E-state index is 9.31. The first-order valence-corrected chi connectivity index (χ1v) is 4.89. The lowest BCUT2D eigenvalue weighted by Crippen LogP contribution is -1.86. The maximum Gasteiger partial charge on any atom is 0.116 e. The second kappa shape index (κ2) is 3.33. The molecule has 0 radical (unpaired) electrons. The molecule has 0 aliphatic heterocycles. The van der Waals surface area contributed by atoms with Crippen LogP contribution in [-0.4, -0.2) is 5.11 Å². The number of hydrogen-bond donors (Lipinski definition) is 1. The first-order valence-electron chi connectivity index (χ1n) is 4.89. The molecule has 1 nitrogen and oxygen atoms in total. The Hall–Kier alpha value is -1.50. The Labute approximate surface area is 84.0 Å². The lowest BCUT2D eigenvalue weighted by molar-refractivity contribution is 0.476. The summed E-state index contributed by atoms with van der Waals surface area (Å²) in [4.78, 5) is 0. The van der Waals surface area contributed by atoms with Crippen LogP contribution in [0.25, 0.3) is 10.8 Å². The fourth-order valence-corrected chi connectivity index (χ4v) is 1.61. The average Bonchev–Trinajstić information content (AvgIpc) is 2.16. The van der Waals surface area contributed by atoms with Gasteiger partial charge in [0, 0.05) is 0 Å². The standard InChI is InChI=1S/C13H14O/c1-9(2)10-3-4-12-8-13(14)6-5-11(12)7-10/h3-9,14H,1-2H3. The molecule has 0 spiro atoms. The highest BCUT2D eigenvalue weighted by Gasteiger charge is 2.00. The number of fused-ring (bicyclic) bond motifs is 1. The number of rotatable bonds is 1. The predicted octanol–water partition coefficient (Wildman–Crippen LogP) is 3.67. The molecule has 2 aromatic rings. The van der Waals surface area contributed by atoms with Crippen molar-refractivity contribution >= 4 is 10.8 Å². The van der Waals surface area contributed by atoms with Crippen LogP contribution in [0.2, 0.25) is 0 Å². The molecule has 0 fully saturated rings. The maximum absolute atomic E-state index is 9.31. The molecule has 0 aliphatic rings. The van der Waals surface area contributed by atoms with Gasteiger partial charge in [-0.3, -0.25) is 0 Å². The van der Waals surface area contributed by atoms with Gasteiger partial charge < -0.3 is 5.11 Å². The summed E-state index contributed by atoms with van der Waals surface area (Å²) >= 11 is 0. The van der Waals surface area contributed by atoms with E-state index in [1.807, 2.05) is 6.07 Å². The van der Waals surface area contributed by atoms with Crippen LogP contribution < -0.4 is 0 Å². The van der Waals surface area contributed by atoms with Crippen LogP contribution >= 0.6 is 0 Å². The highest BCUT2D eigenvalue weighted by atomic mass is 16.3. The molecule has 0 aliphatic carbocycles. The minimum absolute atomic E-state index is 0.329. The third kappa shape index (κ3) is 1.58. The number of phenolic OH excluding ortho intramolecular Hbond substituents is 1. The Bertz CT molecular complexity index is 458. The SMILES string of the molecule is CC(C)c1ccc2cc(O)ccc2c1. The van der Waals surface area contributed by atoms with Crippen molar-refractivity contribution in [2.75, 3.05) is 0 Å². The molecular weight excluding hydrogens is 172 g/mol. The summed E-state index contributed by atoms with van der Waals surface area (Å²) in [5, 5.41) is 11.6. The molecule has 2 rings (SSSR count). The molecule has 0 heterocycles. The Morgan fingerprint density at radius 1 is 0.929 bits per heavy atom. The molecule has 0 aromatic heterocycles. The minimum atomic E-state index is 0.329. The van der Waals surface area contributed by atoms with Crippen LogP contribution in [0.5, 0.6) is 5.75 Å². The van der Waals surface area contributed by atoms with E-state index in [2.05, 4.69) is 32.0 Å². The lowest BCUT2D eigenvalue weighted by atomic mass is 9.99. The van der Waals surface area contributed by atoms with E-state index >= 15 is 0 Å². The molecule has 0 saturated carbocycles. The largest absolute Gasteiger partial charge is 0.508 e. The van der Waals surface area contributed by atoms with Gasteiger partial charge in [-0.05, 0) is 34.4 Å². The summed E-state index contributed by atoms with van der Waals surface area (Å²) in [6.07, 6.45) is 0. The third-order valence-corrected chi connectivity index (χ3v) is 2.51. The summed E-state index contributed by atoms with van der Waals surface area (Å²) in [6, 6.07) is 11.8. The van der Waals surface area contributed by atoms with E-state index in [9.17, 15) is 5.11 Å². The minimum Gasteiger partial charge on any atom is -0.508 e. The van der Waals surface area contributed by atoms with Crippen molar-refractivity contribution < 1.29 is 5.11 Å². The molecule has 14 heavy (non-hydrogen) atoms. The second-order valence-corrected chi connectivity index (χ2v) is 3.95. The predicted molar refractivity (Wildman–Crippen MR) is 59.7 cm³/mol. The second-order valence-electron chi connectivity index (χ2n) is 3.95. The summed E-state index contributed by atoms with van der Waals surface area (Å²) in [5.41, 5.74) is 1.34. The van der Waals surface area contributed by atoms with E-state index in [0.717, 1.165) is 5.39 Å². The molecule has 0 atom stereocenters. The van der Waals surface area contributed by atoms with Gasteiger partial charge in [0.05, 0.1) is 0 Å². The van der Waals surface area contributed by atoms with Crippen molar-refractivity contribution in [3.8, 4) is 5.75 Å². The fourth-order valence-electron chi connectivity index (χ4n) is 1.61. The van der Waals surface area contributed by atoms with Gasteiger partial charge in [-0.2, -0.15) is 0 Å². The zero-order chi connectivity index (χ0) is 10.1. The van der Waals surface area contributed by atoms with E-state index in [1.54, 1.807) is 12.1 Å². The molecule has 0 bridgehead atoms. The van der Waals surface area contributed by atoms with Gasteiger partial charge >= 0.3 is 0 Å². The van der Waals surface area contributed by atoms with Crippen LogP contribution in [0.3, 0.4) is 0 Å². The number of benzene rings is 2. The molecule has 1 N–H and O–H groups in total. The Morgan fingerprint density at radius 2 is 1.57 bits per heavy atom. The van der Waals surface area contributed by atoms with Crippen molar-refractivity contribution in [2.45, 2.75) is 19.8 Å². The Morgan fingerprint density at radius 3 is 2.29 bits per heavy atom. The quantitative estimate of drug-likeness (QED) is 0.720. The van der Waals surface area contributed by atoms with E-state index in [1.165, 1.54) is 10.9 Å². The van der Waals surface area contributed by atoms with Crippen LogP contribution in [-0.2, 0) is 0 Å². The topological polar surface area (TPSA) is 20.2 Å². The number of hydrogen-bond acceptors (Lipinski definition) is 1. The lowest BCUT2D eigenvalue weighted by Gasteiger charge is -2.06. The molecule has 0 unspecified atom stereocenters. The van der Waals surface area contributed by atoms with E-state index < -0.39 is 0 Å². The summed E-state index contributed by atoms with van der Waals surface area (Å²) in [5.74, 6) is 0.878. The summed E-state index contributed by atoms with van der Waals surface area (Å²) < 4.78 is 0. The smallest absolute Gasteiger partial charge is 0.116 e. The Balaban J connectivity index is 2.62. The van der Waals surface area contributed by atoms with Gasteiger partial charge in [-0.1, -0.05) is 38.1 Å². The van der Waals surface area contributed by atoms with E-state index in [0.29, 0.717) is 11.7 Å². The molecule has 1 heteroatoms. The van der Waals surface area contributed by atoms with Gasteiger partial charge in [-0.15, -0.1) is 0 Å². The average molecular weight is 186 g/mol. The molecular formula is C13H14O. The molecule has 0 amide bonds. The number of aromatic hydroxyl groups is 1. The normalized spacial score (nSPS) is 11.1. The van der Waals surface area contributed by atoms with Crippen molar-refractivity contribution in [3.05, 3.63) is 42.0 Å². The van der Waals surface area contributed by atoms with Crippen LogP contribution in [0.15, 0.2) is 36.4 Å². The summed E-state index contributed by atoms with van der Waals surface area (Å²) in [7, 11) is 0. The summed E-state index contributed by atoms with van der Waals surface area (Å²) in [6.45, 7) is 4.36. The van der Waals surface area contributed by atoms with Gasteiger partial charge in [0.15, 0.2) is 0 Å². The van der Waals surface area contributed by atoms with Crippen molar-refractivity contribution in [1.82, 2.24) is 0 Å². The highest BCUT2D eigenvalue weighted by molar-refractivity contribution is 5.84. The highest BCUT2D eigenvalue weighted by Crippen LogP contribution is 2.24. The monoisotopic (exact) mass is 186 g/mol. The van der Waals surface area contributed by atoms with Gasteiger partial charge in [-0.25, -0.2) is 0 Å². The van der Waals surface area contributed by atoms with Crippen molar-refractivity contribution in [2.24, 2.45) is 0 Å².